The van der Waals surface area contributed by atoms with Gasteiger partial charge in [-0.2, -0.15) is 0 Å². The summed E-state index contributed by atoms with van der Waals surface area (Å²) in [6.45, 7) is 14.0. The van der Waals surface area contributed by atoms with E-state index in [4.69, 9.17) is 29.4 Å². The summed E-state index contributed by atoms with van der Waals surface area (Å²) in [6.07, 6.45) is 0.550. The SMILES string of the molecule is CCCC([C@@H](CC(=O)N1C[C@@H](OC(=O)NCCNC(=O)OCc2ccc(NC(=O)C(CCCNC(N)=O)NC(=O)[C@@H](NC(=O)CCCCCN3C(=O)C=CC3=O)C(C)C)cc2)C[C@H]1[C@H](OC)[C@@H](C)C(=O)NCC(=O)c1ccc2cc(OC)ccc2c1)OC)N(C)C(=O)[C@@H](NC(=O)[C@H](C(C)C)N(C)C)C(C)C. The van der Waals surface area contributed by atoms with Gasteiger partial charge in [0.05, 0.1) is 62.9 Å². The number of hydrogen-bond donors (Lipinski definition) is 9. The zero-order valence-corrected chi connectivity index (χ0v) is 63.7. The van der Waals surface area contributed by atoms with Crippen LogP contribution in [0.4, 0.5) is 20.1 Å². The molecule has 1 fully saturated rings. The molecule has 3 aromatic rings. The first-order valence-corrected chi connectivity index (χ1v) is 36.2. The fourth-order valence-electron chi connectivity index (χ4n) is 13.0. The van der Waals surface area contributed by atoms with E-state index < -0.39 is 108 Å². The molecular formula is C75H111N13O18. The molecule has 2 unspecified atom stereocenters. The van der Waals surface area contributed by atoms with Crippen LogP contribution in [0.25, 0.3) is 10.8 Å². The third-order valence-corrected chi connectivity index (χ3v) is 18.8. The summed E-state index contributed by atoms with van der Waals surface area (Å²) >= 11 is 0. The van der Waals surface area contributed by atoms with E-state index in [2.05, 4.69) is 42.5 Å². The molecule has 5 rings (SSSR count). The normalized spacial score (nSPS) is 16.5. The third-order valence-electron chi connectivity index (χ3n) is 18.8. The van der Waals surface area contributed by atoms with Gasteiger partial charge >= 0.3 is 18.2 Å². The number of nitrogens with two attached hydrogens (primary N) is 1. The molecule has 0 aliphatic carbocycles. The summed E-state index contributed by atoms with van der Waals surface area (Å²) in [5, 5.41) is 23.3. The lowest BCUT2D eigenvalue weighted by Gasteiger charge is -2.38. The highest BCUT2D eigenvalue weighted by Crippen LogP contribution is 2.31. The average molecular weight is 1480 g/mol. The Kier molecular flexibility index (Phi) is 35.3. The van der Waals surface area contributed by atoms with E-state index in [1.54, 1.807) is 102 Å². The van der Waals surface area contributed by atoms with Gasteiger partial charge in [-0.1, -0.05) is 98.6 Å². The number of Topliss-reactive ketones (excluding diaryl/α,β-unsaturated/α-hetero) is 1. The summed E-state index contributed by atoms with van der Waals surface area (Å²) in [5.74, 6) is -5.43. The zero-order valence-electron chi connectivity index (χ0n) is 63.7. The molecule has 3 aromatic carbocycles. The third kappa shape index (κ3) is 26.4. The minimum atomic E-state index is -1.12. The average Bonchev–Trinajstić information content (AvgIpc) is 1.65. The van der Waals surface area contributed by atoms with Crippen molar-refractivity contribution in [3.63, 3.8) is 0 Å². The number of fused-ring (bicyclic) bond motifs is 1. The zero-order chi connectivity index (χ0) is 78.5. The second kappa shape index (κ2) is 43.0. The quantitative estimate of drug-likeness (QED) is 0.0211. The number of carbonyl (C=O) groups excluding carboxylic acids is 13. The molecule has 2 heterocycles. The minimum Gasteiger partial charge on any atom is -0.497 e. The number of likely N-dealkylation sites (N-methyl/N-ethyl adjacent to an activating group) is 2. The van der Waals surface area contributed by atoms with Crippen LogP contribution in [0.5, 0.6) is 5.75 Å². The Labute approximate surface area is 620 Å². The molecule has 0 spiro atoms. The van der Waals surface area contributed by atoms with Gasteiger partial charge in [-0.15, -0.1) is 0 Å². The number of ketones is 1. The van der Waals surface area contributed by atoms with Gasteiger partial charge < -0.3 is 81.8 Å². The number of hydrogen-bond acceptors (Lipinski definition) is 19. The van der Waals surface area contributed by atoms with Crippen molar-refractivity contribution < 1.29 is 86.0 Å². The number of nitrogens with one attached hydrogen (secondary N) is 8. The van der Waals surface area contributed by atoms with E-state index in [-0.39, 0.29) is 125 Å². The highest BCUT2D eigenvalue weighted by atomic mass is 16.6. The lowest BCUT2D eigenvalue weighted by molar-refractivity contribution is -0.146. The number of methoxy groups -OCH3 is 3. The number of carbonyl (C=O) groups is 13. The van der Waals surface area contributed by atoms with Crippen molar-refractivity contribution in [2.24, 2.45) is 29.4 Å². The Morgan fingerprint density at radius 3 is 1.91 bits per heavy atom. The van der Waals surface area contributed by atoms with Crippen LogP contribution in [0.15, 0.2) is 72.8 Å². The van der Waals surface area contributed by atoms with Crippen LogP contribution < -0.4 is 53.0 Å². The van der Waals surface area contributed by atoms with Gasteiger partial charge in [0.15, 0.2) is 5.78 Å². The Morgan fingerprint density at radius 2 is 1.30 bits per heavy atom. The number of benzene rings is 3. The number of anilines is 1. The standard InChI is InChI=1S/C75H111N13O18/c1-15-20-56(86(11)72(98)65(45(4)5)84-71(97)66(46(6)7)85(9)10)59(103-13)40-63(93)88-42-54(39-57(88)67(104-14)47(8)68(94)80-41-58(89)51-26-25-50-38-53(102-12)30-27-49(50)37-51)106-75(101)79-35-34-78-74(100)105-43-48-23-28-52(29-24-48)81-69(95)55(21-19-33-77-73(76)99)82-70(96)64(44(2)3)83-60(90)22-17-16-18-36-87-61(91)31-32-62(87)92/h23-32,37-38,44-47,54-57,59,64-67H,15-22,33-36,39-43H2,1-14H3,(H,78,100)(H,79,101)(H,80,94)(H,81,95)(H,82,96)(H,83,90)(H,84,97)(H3,76,77,99)/t47-,54+,55?,56?,57+,59-,64+,65+,66+,67-/m1/s1. The summed E-state index contributed by atoms with van der Waals surface area (Å²) in [7, 11) is 9.63. The fraction of sp³-hybridized carbons (Fsp3) is 0.587. The van der Waals surface area contributed by atoms with Crippen LogP contribution in [-0.4, -0.2) is 233 Å². The van der Waals surface area contributed by atoms with E-state index in [0.717, 1.165) is 15.7 Å². The summed E-state index contributed by atoms with van der Waals surface area (Å²) in [4.78, 5) is 179. The Bertz CT molecular complexity index is 3530. The first kappa shape index (κ1) is 86.9. The van der Waals surface area contributed by atoms with Crippen LogP contribution >= 0.6 is 0 Å². The summed E-state index contributed by atoms with van der Waals surface area (Å²) < 4.78 is 28.7. The van der Waals surface area contributed by atoms with Crippen molar-refractivity contribution in [3.8, 4) is 5.75 Å². The smallest absolute Gasteiger partial charge is 0.407 e. The Balaban J connectivity index is 1.19. The van der Waals surface area contributed by atoms with Crippen LogP contribution in [0.3, 0.4) is 0 Å². The first-order chi connectivity index (χ1) is 50.3. The number of likely N-dealkylation sites (tertiary alicyclic amines) is 1. The molecule has 2 aliphatic heterocycles. The van der Waals surface area contributed by atoms with Crippen LogP contribution in [-0.2, 0) is 68.7 Å². The van der Waals surface area contributed by atoms with Gasteiger partial charge in [0.2, 0.25) is 41.4 Å². The second-order valence-corrected chi connectivity index (χ2v) is 28.0. The number of nitrogens with zero attached hydrogens (tertiary/aromatic N) is 4. The van der Waals surface area contributed by atoms with E-state index in [1.165, 1.54) is 36.2 Å². The molecule has 0 bridgehead atoms. The second-order valence-electron chi connectivity index (χ2n) is 28.0. The number of rotatable bonds is 43. The number of amides is 13. The van der Waals surface area contributed by atoms with E-state index in [1.807, 2.05) is 46.8 Å². The molecule has 1 saturated heterocycles. The maximum Gasteiger partial charge on any atom is 0.407 e. The van der Waals surface area contributed by atoms with Crippen molar-refractivity contribution in [1.29, 1.82) is 0 Å². The molecule has 0 aromatic heterocycles. The molecule has 0 radical (unpaired) electrons. The van der Waals surface area contributed by atoms with Gasteiger partial charge in [0.1, 0.15) is 36.6 Å². The highest BCUT2D eigenvalue weighted by molar-refractivity contribution is 6.13. The maximum absolute atomic E-state index is 15.0. The predicted molar refractivity (Wildman–Crippen MR) is 395 cm³/mol. The van der Waals surface area contributed by atoms with Gasteiger partial charge in [-0.05, 0) is 111 Å². The van der Waals surface area contributed by atoms with Gasteiger partial charge in [-0.3, -0.25) is 57.7 Å². The van der Waals surface area contributed by atoms with E-state index in [9.17, 15) is 62.3 Å². The molecule has 0 saturated carbocycles. The van der Waals surface area contributed by atoms with Crippen molar-refractivity contribution in [1.82, 2.24) is 56.8 Å². The number of ether oxygens (including phenoxy) is 5. The van der Waals surface area contributed by atoms with Gasteiger partial charge in [0.25, 0.3) is 11.8 Å². The number of primary amides is 1. The summed E-state index contributed by atoms with van der Waals surface area (Å²) in [6, 6.07) is 11.1. The molecule has 106 heavy (non-hydrogen) atoms. The first-order valence-electron chi connectivity index (χ1n) is 36.2. The largest absolute Gasteiger partial charge is 0.497 e. The van der Waals surface area contributed by atoms with Crippen molar-refractivity contribution in [2.45, 2.75) is 181 Å². The number of alkyl carbamates (subject to hydrolysis) is 2. The topological polar surface area (TPSA) is 403 Å². The molecule has 10 N–H and O–H groups in total. The molecule has 13 amide bonds. The highest BCUT2D eigenvalue weighted by Gasteiger charge is 2.46. The summed E-state index contributed by atoms with van der Waals surface area (Å²) in [5.41, 5.74) is 6.47. The molecule has 31 nitrogen and oxygen atoms in total. The van der Waals surface area contributed by atoms with Crippen molar-refractivity contribution in [2.75, 3.05) is 87.1 Å². The lowest BCUT2D eigenvalue weighted by atomic mass is 9.93. The fourth-order valence-corrected chi connectivity index (χ4v) is 13.0. The van der Waals surface area contributed by atoms with E-state index >= 15 is 0 Å². The predicted octanol–water partition coefficient (Wildman–Crippen LogP) is 4.68. The van der Waals surface area contributed by atoms with Gasteiger partial charge in [0, 0.05) is 83.7 Å². The lowest BCUT2D eigenvalue weighted by Crippen LogP contribution is -2.58. The number of unbranched alkanes of at least 4 members (excludes halogenated alkanes) is 2. The van der Waals surface area contributed by atoms with Crippen LogP contribution in [0.2, 0.25) is 0 Å². The van der Waals surface area contributed by atoms with Crippen molar-refractivity contribution in [3.05, 3.63) is 83.9 Å². The van der Waals surface area contributed by atoms with E-state index in [0.29, 0.717) is 54.7 Å². The van der Waals surface area contributed by atoms with Crippen LogP contribution in [0, 0.1) is 23.7 Å². The molecule has 584 valence electrons. The Hall–Kier alpha value is -9.75. The number of imide groups is 1. The monoisotopic (exact) mass is 1480 g/mol. The Morgan fingerprint density at radius 1 is 0.651 bits per heavy atom. The van der Waals surface area contributed by atoms with Crippen LogP contribution in [0.1, 0.15) is 136 Å². The van der Waals surface area contributed by atoms with Gasteiger partial charge in [-0.25, -0.2) is 14.4 Å². The minimum absolute atomic E-state index is 0.0140. The molecule has 10 atom stereocenters. The molecule has 2 aliphatic rings. The molecular weight excluding hydrogens is 1370 g/mol. The van der Waals surface area contributed by atoms with Crippen molar-refractivity contribution >= 4 is 93.6 Å². The molecule has 31 heteroatoms. The number of urea groups is 1. The maximum atomic E-state index is 15.0.